The van der Waals surface area contributed by atoms with Gasteiger partial charge < -0.3 is 5.73 Å². The van der Waals surface area contributed by atoms with E-state index < -0.39 is 29.4 Å². The number of carbonyl (C=O) groups excluding carboxylic acids is 2. The minimum atomic E-state index is -0.912. The largest absolute Gasteiger partial charge is 0.369 e. The number of carbonyl (C=O) groups is 2. The molecule has 1 aromatic carbocycles. The van der Waals surface area contributed by atoms with Crippen LogP contribution in [0.1, 0.15) is 31.1 Å². The predicted molar refractivity (Wildman–Crippen MR) is 71.2 cm³/mol. The highest BCUT2D eigenvalue weighted by Crippen LogP contribution is 2.16. The summed E-state index contributed by atoms with van der Waals surface area (Å²) in [6.45, 7) is 5.06. The van der Waals surface area contributed by atoms with Crippen LogP contribution in [0.3, 0.4) is 0 Å². The van der Waals surface area contributed by atoms with Crippen molar-refractivity contribution in [3.05, 3.63) is 35.4 Å². The Labute approximate surface area is 116 Å². The molecule has 0 saturated heterocycles. The molecule has 4 nitrogen and oxygen atoms in total. The summed E-state index contributed by atoms with van der Waals surface area (Å²) >= 11 is 0. The summed E-state index contributed by atoms with van der Waals surface area (Å²) in [6.07, 6.45) is 0. The number of benzene rings is 1. The zero-order valence-corrected chi connectivity index (χ0v) is 11.7. The fourth-order valence-electron chi connectivity index (χ4n) is 2.01. The summed E-state index contributed by atoms with van der Waals surface area (Å²) in [5.74, 6) is -2.75. The summed E-state index contributed by atoms with van der Waals surface area (Å²) in [5, 5.41) is 0. The fraction of sp³-hybridized carbons (Fsp3) is 0.429. The first-order chi connectivity index (χ1) is 9.23. The maximum absolute atomic E-state index is 13.6. The lowest BCUT2D eigenvalue weighted by Gasteiger charge is -2.30. The van der Waals surface area contributed by atoms with E-state index in [1.165, 1.54) is 0 Å². The van der Waals surface area contributed by atoms with Crippen LogP contribution in [0.2, 0.25) is 0 Å². The van der Waals surface area contributed by atoms with Crippen molar-refractivity contribution in [1.29, 1.82) is 0 Å². The van der Waals surface area contributed by atoms with Crippen LogP contribution in [0.15, 0.2) is 18.2 Å². The number of rotatable bonds is 6. The second kappa shape index (κ2) is 6.56. The molecule has 0 fully saturated rings. The van der Waals surface area contributed by atoms with Crippen LogP contribution >= 0.6 is 0 Å². The van der Waals surface area contributed by atoms with E-state index in [1.54, 1.807) is 25.7 Å². The van der Waals surface area contributed by atoms with Crippen molar-refractivity contribution in [2.24, 2.45) is 5.73 Å². The van der Waals surface area contributed by atoms with Crippen molar-refractivity contribution in [3.8, 4) is 0 Å². The quantitative estimate of drug-likeness (QED) is 0.809. The number of ketones is 1. The van der Waals surface area contributed by atoms with Crippen LogP contribution in [0.5, 0.6) is 0 Å². The van der Waals surface area contributed by atoms with E-state index in [0.29, 0.717) is 6.07 Å². The molecule has 0 heterocycles. The van der Waals surface area contributed by atoms with Gasteiger partial charge in [-0.1, -0.05) is 0 Å². The smallest absolute Gasteiger partial charge is 0.231 e. The van der Waals surface area contributed by atoms with Crippen LogP contribution in [-0.2, 0) is 4.79 Å². The molecule has 0 aliphatic rings. The normalized spacial score (nSPS) is 12.8. The third-order valence-electron chi connectivity index (χ3n) is 3.08. The lowest BCUT2D eigenvalue weighted by molar-refractivity contribution is -0.119. The SMILES string of the molecule is CC(C)N(CC(N)=O)C(C)C(=O)c1ccc(F)cc1F. The van der Waals surface area contributed by atoms with Gasteiger partial charge in [-0.3, -0.25) is 14.5 Å². The van der Waals surface area contributed by atoms with E-state index in [1.807, 2.05) is 0 Å². The summed E-state index contributed by atoms with van der Waals surface area (Å²) < 4.78 is 26.5. The third-order valence-corrected chi connectivity index (χ3v) is 3.08. The molecule has 1 amide bonds. The molecule has 0 spiro atoms. The maximum atomic E-state index is 13.6. The molecule has 0 bridgehead atoms. The van der Waals surface area contributed by atoms with Gasteiger partial charge in [0.25, 0.3) is 0 Å². The van der Waals surface area contributed by atoms with Crippen LogP contribution in [0.25, 0.3) is 0 Å². The van der Waals surface area contributed by atoms with Gasteiger partial charge >= 0.3 is 0 Å². The zero-order chi connectivity index (χ0) is 15.4. The van der Waals surface area contributed by atoms with Crippen LogP contribution in [-0.4, -0.2) is 35.2 Å². The van der Waals surface area contributed by atoms with E-state index in [2.05, 4.69) is 0 Å². The van der Waals surface area contributed by atoms with Gasteiger partial charge in [0.15, 0.2) is 5.78 Å². The average Bonchev–Trinajstić information content (AvgIpc) is 2.34. The van der Waals surface area contributed by atoms with Gasteiger partial charge in [-0.2, -0.15) is 0 Å². The summed E-state index contributed by atoms with van der Waals surface area (Å²) in [6, 6.07) is 1.93. The lowest BCUT2D eigenvalue weighted by Crippen LogP contribution is -2.47. The molecule has 1 unspecified atom stereocenters. The first-order valence-corrected chi connectivity index (χ1v) is 6.27. The van der Waals surface area contributed by atoms with Crippen molar-refractivity contribution >= 4 is 11.7 Å². The number of nitrogens with zero attached hydrogens (tertiary/aromatic N) is 1. The lowest BCUT2D eigenvalue weighted by atomic mass is 10.0. The van der Waals surface area contributed by atoms with E-state index >= 15 is 0 Å². The number of Topliss-reactive ketones (excluding diaryl/α,β-unsaturated/α-hetero) is 1. The molecule has 0 aromatic heterocycles. The Morgan fingerprint density at radius 3 is 2.30 bits per heavy atom. The van der Waals surface area contributed by atoms with E-state index in [-0.39, 0.29) is 18.2 Å². The predicted octanol–water partition coefficient (Wildman–Crippen LogP) is 1.73. The minimum absolute atomic E-state index is 0.104. The van der Waals surface area contributed by atoms with Crippen molar-refractivity contribution in [2.75, 3.05) is 6.54 Å². The molecular weight excluding hydrogens is 266 g/mol. The number of hydrogen-bond acceptors (Lipinski definition) is 3. The summed E-state index contributed by atoms with van der Waals surface area (Å²) in [7, 11) is 0. The van der Waals surface area contributed by atoms with Crippen molar-refractivity contribution in [3.63, 3.8) is 0 Å². The van der Waals surface area contributed by atoms with Crippen molar-refractivity contribution in [2.45, 2.75) is 32.9 Å². The highest BCUT2D eigenvalue weighted by Gasteiger charge is 2.27. The maximum Gasteiger partial charge on any atom is 0.231 e. The highest BCUT2D eigenvalue weighted by molar-refractivity contribution is 6.00. The molecule has 1 atom stereocenters. The average molecular weight is 284 g/mol. The summed E-state index contributed by atoms with van der Waals surface area (Å²) in [5.41, 5.74) is 4.94. The van der Waals surface area contributed by atoms with Gasteiger partial charge in [0, 0.05) is 12.1 Å². The monoisotopic (exact) mass is 284 g/mol. The van der Waals surface area contributed by atoms with E-state index in [0.717, 1.165) is 12.1 Å². The Bertz CT molecular complexity index is 518. The second-order valence-electron chi connectivity index (χ2n) is 4.90. The number of hydrogen-bond donors (Lipinski definition) is 1. The topological polar surface area (TPSA) is 63.4 Å². The molecule has 1 rings (SSSR count). The van der Waals surface area contributed by atoms with Gasteiger partial charge in [0.2, 0.25) is 5.91 Å². The Morgan fingerprint density at radius 2 is 1.85 bits per heavy atom. The molecule has 2 N–H and O–H groups in total. The van der Waals surface area contributed by atoms with E-state index in [4.69, 9.17) is 5.73 Å². The van der Waals surface area contributed by atoms with Gasteiger partial charge in [-0.05, 0) is 32.9 Å². The number of nitrogens with two attached hydrogens (primary N) is 1. The van der Waals surface area contributed by atoms with E-state index in [9.17, 15) is 18.4 Å². The molecule has 0 aliphatic carbocycles. The standard InChI is InChI=1S/C14H18F2N2O2/c1-8(2)18(7-13(17)19)9(3)14(20)11-5-4-10(15)6-12(11)16/h4-6,8-9H,7H2,1-3H3,(H2,17,19). The van der Waals surface area contributed by atoms with Crippen LogP contribution in [0.4, 0.5) is 8.78 Å². The molecule has 0 saturated carbocycles. The van der Waals surface area contributed by atoms with Crippen molar-refractivity contribution in [1.82, 2.24) is 4.90 Å². The molecule has 110 valence electrons. The molecule has 0 aliphatic heterocycles. The third kappa shape index (κ3) is 3.84. The Hall–Kier alpha value is -1.82. The molecule has 20 heavy (non-hydrogen) atoms. The summed E-state index contributed by atoms with van der Waals surface area (Å²) in [4.78, 5) is 24.8. The minimum Gasteiger partial charge on any atom is -0.369 e. The molecule has 6 heteroatoms. The van der Waals surface area contributed by atoms with Gasteiger partial charge in [-0.25, -0.2) is 8.78 Å². The first-order valence-electron chi connectivity index (χ1n) is 6.27. The zero-order valence-electron chi connectivity index (χ0n) is 11.7. The van der Waals surface area contributed by atoms with Crippen LogP contribution in [0, 0.1) is 11.6 Å². The number of halogens is 2. The molecule has 1 aromatic rings. The first kappa shape index (κ1) is 16.2. The van der Waals surface area contributed by atoms with Crippen molar-refractivity contribution < 1.29 is 18.4 Å². The van der Waals surface area contributed by atoms with Gasteiger partial charge in [-0.15, -0.1) is 0 Å². The Morgan fingerprint density at radius 1 is 1.25 bits per heavy atom. The van der Waals surface area contributed by atoms with Crippen LogP contribution < -0.4 is 5.73 Å². The Kier molecular flexibility index (Phi) is 5.33. The Balaban J connectivity index is 3.01. The highest BCUT2D eigenvalue weighted by atomic mass is 19.1. The fourth-order valence-corrected chi connectivity index (χ4v) is 2.01. The molecule has 0 radical (unpaired) electrons. The second-order valence-corrected chi connectivity index (χ2v) is 4.90. The number of primary amides is 1. The van der Waals surface area contributed by atoms with Gasteiger partial charge in [0.1, 0.15) is 11.6 Å². The van der Waals surface area contributed by atoms with Gasteiger partial charge in [0.05, 0.1) is 18.2 Å². The number of amides is 1. The molecular formula is C14H18F2N2O2.